The van der Waals surface area contributed by atoms with Gasteiger partial charge in [0, 0.05) is 35.6 Å². The quantitative estimate of drug-likeness (QED) is 0.657. The minimum atomic E-state index is -0.0158. The third-order valence-corrected chi connectivity index (χ3v) is 4.26. The highest BCUT2D eigenvalue weighted by molar-refractivity contribution is 6.30. The van der Waals surface area contributed by atoms with Crippen LogP contribution in [0.1, 0.15) is 22.8 Å². The van der Waals surface area contributed by atoms with Crippen molar-refractivity contribution < 1.29 is 4.79 Å². The molecule has 1 amide bonds. The van der Waals surface area contributed by atoms with Crippen LogP contribution in [0.25, 0.3) is 0 Å². The van der Waals surface area contributed by atoms with E-state index in [4.69, 9.17) is 11.6 Å². The van der Waals surface area contributed by atoms with Gasteiger partial charge >= 0.3 is 0 Å². The second-order valence-corrected chi connectivity index (χ2v) is 6.30. The Bertz CT molecular complexity index is 866. The summed E-state index contributed by atoms with van der Waals surface area (Å²) in [6.45, 7) is 3.20. The highest BCUT2D eigenvalue weighted by atomic mass is 35.5. The lowest BCUT2D eigenvalue weighted by Gasteiger charge is -2.21. The Morgan fingerprint density at radius 3 is 2.50 bits per heavy atom. The van der Waals surface area contributed by atoms with E-state index in [0.717, 1.165) is 11.3 Å². The first kappa shape index (κ1) is 18.0. The summed E-state index contributed by atoms with van der Waals surface area (Å²) in [5.41, 5.74) is 2.58. The minimum Gasteiger partial charge on any atom is -0.340 e. The number of hydrogen-bond acceptors (Lipinski definition) is 3. The van der Waals surface area contributed by atoms with E-state index in [1.54, 1.807) is 30.5 Å². The fraction of sp³-hybridized carbons (Fsp3) is 0.143. The Morgan fingerprint density at radius 2 is 1.81 bits per heavy atom. The molecule has 3 rings (SSSR count). The topological polar surface area (TPSA) is 45.2 Å². The van der Waals surface area contributed by atoms with Crippen molar-refractivity contribution >= 4 is 29.0 Å². The fourth-order valence-corrected chi connectivity index (χ4v) is 2.75. The number of carbonyl (C=O) groups excluding carboxylic acids is 1. The summed E-state index contributed by atoms with van der Waals surface area (Å²) in [7, 11) is 0. The van der Waals surface area contributed by atoms with Crippen molar-refractivity contribution in [2.24, 2.45) is 0 Å². The van der Waals surface area contributed by atoms with Crippen molar-refractivity contribution in [3.05, 3.63) is 89.1 Å². The molecule has 0 spiro atoms. The highest BCUT2D eigenvalue weighted by Crippen LogP contribution is 2.19. The largest absolute Gasteiger partial charge is 0.340 e. The molecule has 1 aromatic heterocycles. The molecule has 4 nitrogen and oxygen atoms in total. The zero-order chi connectivity index (χ0) is 18.4. The fourth-order valence-electron chi connectivity index (χ4n) is 2.63. The number of rotatable bonds is 6. The molecule has 0 fully saturated rings. The third kappa shape index (κ3) is 4.61. The molecule has 0 atom stereocenters. The summed E-state index contributed by atoms with van der Waals surface area (Å²) < 4.78 is 0. The Labute approximate surface area is 158 Å². The molecule has 1 heterocycles. The van der Waals surface area contributed by atoms with Crippen molar-refractivity contribution in [3.8, 4) is 0 Å². The summed E-state index contributed by atoms with van der Waals surface area (Å²) in [5, 5.41) is 3.87. The van der Waals surface area contributed by atoms with Gasteiger partial charge in [-0.25, -0.2) is 4.98 Å². The van der Waals surface area contributed by atoms with E-state index in [1.165, 1.54) is 0 Å². The first-order chi connectivity index (χ1) is 12.7. The first-order valence-electron chi connectivity index (χ1n) is 8.47. The second kappa shape index (κ2) is 8.50. The van der Waals surface area contributed by atoms with Gasteiger partial charge in [-0.15, -0.1) is 0 Å². The van der Waals surface area contributed by atoms with E-state index < -0.39 is 0 Å². The molecule has 3 aromatic rings. The lowest BCUT2D eigenvalue weighted by molar-refractivity contribution is 0.0752. The number of hydrogen-bond donors (Lipinski definition) is 1. The average Bonchev–Trinajstić information content (AvgIpc) is 2.68. The van der Waals surface area contributed by atoms with Gasteiger partial charge in [-0.2, -0.15) is 0 Å². The molecule has 2 aromatic carbocycles. The molecule has 0 radical (unpaired) electrons. The first-order valence-corrected chi connectivity index (χ1v) is 8.85. The van der Waals surface area contributed by atoms with E-state index in [2.05, 4.69) is 10.3 Å². The van der Waals surface area contributed by atoms with Crippen molar-refractivity contribution in [3.63, 3.8) is 0 Å². The zero-order valence-electron chi connectivity index (χ0n) is 14.5. The number of nitrogens with zero attached hydrogens (tertiary/aromatic N) is 2. The molecular formula is C21H20ClN3O. The van der Waals surface area contributed by atoms with Crippen molar-refractivity contribution in [1.29, 1.82) is 0 Å². The molecule has 132 valence electrons. The molecule has 0 unspecified atom stereocenters. The van der Waals surface area contributed by atoms with Crippen molar-refractivity contribution in [2.75, 3.05) is 11.9 Å². The van der Waals surface area contributed by atoms with Crippen LogP contribution in [0.2, 0.25) is 5.02 Å². The van der Waals surface area contributed by atoms with Gasteiger partial charge in [0.05, 0.1) is 0 Å². The molecule has 1 N–H and O–H groups in total. The molecule has 0 aliphatic rings. The summed E-state index contributed by atoms with van der Waals surface area (Å²) in [5.74, 6) is 0.604. The van der Waals surface area contributed by atoms with Gasteiger partial charge < -0.3 is 10.2 Å². The monoisotopic (exact) mass is 365 g/mol. The van der Waals surface area contributed by atoms with E-state index >= 15 is 0 Å². The SMILES string of the molecule is CCN(Cc1ccccc1)C(=O)c1ccnc(Nc2ccc(Cl)cc2)c1. The number of nitrogens with one attached hydrogen (secondary N) is 1. The Morgan fingerprint density at radius 1 is 1.08 bits per heavy atom. The number of carbonyl (C=O) groups is 1. The van der Waals surface area contributed by atoms with Gasteiger partial charge in [-0.05, 0) is 48.9 Å². The molecule has 0 saturated heterocycles. The molecular weight excluding hydrogens is 346 g/mol. The normalized spacial score (nSPS) is 10.4. The highest BCUT2D eigenvalue weighted by Gasteiger charge is 2.15. The maximum atomic E-state index is 12.9. The number of aromatic nitrogens is 1. The average molecular weight is 366 g/mol. The minimum absolute atomic E-state index is 0.0158. The van der Waals surface area contributed by atoms with Gasteiger partial charge in [-0.1, -0.05) is 41.9 Å². The van der Waals surface area contributed by atoms with E-state index in [1.807, 2.05) is 54.3 Å². The second-order valence-electron chi connectivity index (χ2n) is 5.87. The van der Waals surface area contributed by atoms with E-state index in [-0.39, 0.29) is 5.91 Å². The maximum Gasteiger partial charge on any atom is 0.254 e. The molecule has 26 heavy (non-hydrogen) atoms. The molecule has 0 aliphatic heterocycles. The van der Waals surface area contributed by atoms with Crippen LogP contribution in [-0.2, 0) is 6.54 Å². The Kier molecular flexibility index (Phi) is 5.87. The van der Waals surface area contributed by atoms with Crippen LogP contribution in [0.15, 0.2) is 72.9 Å². The van der Waals surface area contributed by atoms with Crippen LogP contribution in [0.3, 0.4) is 0 Å². The van der Waals surface area contributed by atoms with Gasteiger partial charge in [0.25, 0.3) is 5.91 Å². The molecule has 0 aliphatic carbocycles. The third-order valence-electron chi connectivity index (χ3n) is 4.01. The zero-order valence-corrected chi connectivity index (χ0v) is 15.3. The van der Waals surface area contributed by atoms with Crippen LogP contribution < -0.4 is 5.32 Å². The number of anilines is 2. The van der Waals surface area contributed by atoms with Gasteiger partial charge in [0.1, 0.15) is 5.82 Å². The van der Waals surface area contributed by atoms with Crippen LogP contribution in [0, 0.1) is 0 Å². The smallest absolute Gasteiger partial charge is 0.254 e. The lowest BCUT2D eigenvalue weighted by atomic mass is 10.1. The van der Waals surface area contributed by atoms with Crippen LogP contribution >= 0.6 is 11.6 Å². The van der Waals surface area contributed by atoms with Gasteiger partial charge in [0.15, 0.2) is 0 Å². The van der Waals surface area contributed by atoms with Crippen LogP contribution in [0.5, 0.6) is 0 Å². The Hall–Kier alpha value is -2.85. The van der Waals surface area contributed by atoms with Crippen LogP contribution in [-0.4, -0.2) is 22.3 Å². The van der Waals surface area contributed by atoms with Crippen molar-refractivity contribution in [2.45, 2.75) is 13.5 Å². The number of amides is 1. The predicted molar refractivity (Wildman–Crippen MR) is 106 cm³/mol. The predicted octanol–water partition coefficient (Wildman–Crippen LogP) is 5.14. The molecule has 0 bridgehead atoms. The maximum absolute atomic E-state index is 12.9. The summed E-state index contributed by atoms with van der Waals surface area (Å²) in [6.07, 6.45) is 1.64. The number of pyridine rings is 1. The number of benzene rings is 2. The summed E-state index contributed by atoms with van der Waals surface area (Å²) in [6, 6.07) is 20.8. The number of halogens is 1. The van der Waals surface area contributed by atoms with E-state index in [9.17, 15) is 4.79 Å². The summed E-state index contributed by atoms with van der Waals surface area (Å²) in [4.78, 5) is 19.0. The van der Waals surface area contributed by atoms with Crippen molar-refractivity contribution in [1.82, 2.24) is 9.88 Å². The Balaban J connectivity index is 1.75. The molecule has 0 saturated carbocycles. The van der Waals surface area contributed by atoms with Gasteiger partial charge in [-0.3, -0.25) is 4.79 Å². The molecule has 5 heteroatoms. The van der Waals surface area contributed by atoms with Crippen LogP contribution in [0.4, 0.5) is 11.5 Å². The van der Waals surface area contributed by atoms with E-state index in [0.29, 0.717) is 29.5 Å². The lowest BCUT2D eigenvalue weighted by Crippen LogP contribution is -2.30. The summed E-state index contributed by atoms with van der Waals surface area (Å²) >= 11 is 5.91. The van der Waals surface area contributed by atoms with Gasteiger partial charge in [0.2, 0.25) is 0 Å². The standard InChI is InChI=1S/C21H20ClN3O/c1-2-25(15-16-6-4-3-5-7-16)21(26)17-12-13-23-20(14-17)24-19-10-8-18(22)9-11-19/h3-14H,2,15H2,1H3,(H,23,24).